The van der Waals surface area contributed by atoms with Crippen LogP contribution in [0.25, 0.3) is 0 Å². The van der Waals surface area contributed by atoms with Gasteiger partial charge in [-0.25, -0.2) is 0 Å². The molecule has 0 saturated carbocycles. The summed E-state index contributed by atoms with van der Waals surface area (Å²) in [7, 11) is 0. The molecule has 1 nitrogen and oxygen atoms in total. The van der Waals surface area contributed by atoms with Crippen LogP contribution in [-0.2, 0) is 6.42 Å². The second kappa shape index (κ2) is 4.60. The molecule has 1 aliphatic heterocycles. The minimum absolute atomic E-state index is 0.860. The highest BCUT2D eigenvalue weighted by Gasteiger charge is 2.08. The van der Waals surface area contributed by atoms with Crippen molar-refractivity contribution < 1.29 is 4.74 Å². The van der Waals surface area contributed by atoms with Crippen LogP contribution in [0.15, 0.2) is 36.9 Å². The molecule has 0 N–H and O–H groups in total. The normalized spacial score (nSPS) is 12.1. The molecule has 1 heterocycles. The Morgan fingerprint density at radius 1 is 1.42 bits per heavy atom. The Morgan fingerprint density at radius 3 is 2.75 bits per heavy atom. The van der Waals surface area contributed by atoms with E-state index in [0.29, 0.717) is 0 Å². The van der Waals surface area contributed by atoms with Gasteiger partial charge in [-0.05, 0) is 18.6 Å². The van der Waals surface area contributed by atoms with Gasteiger partial charge in [-0.2, -0.15) is 0 Å². The molecule has 64 valence electrons. The molecule has 0 atom stereocenters. The minimum atomic E-state index is 0.860. The van der Waals surface area contributed by atoms with E-state index in [0.717, 1.165) is 18.8 Å². The lowest BCUT2D eigenvalue weighted by Gasteiger charge is -1.93. The predicted molar refractivity (Wildman–Crippen MR) is 51.5 cm³/mol. The van der Waals surface area contributed by atoms with Crippen molar-refractivity contribution in [1.29, 1.82) is 0 Å². The molecule has 0 unspecified atom stereocenters. The minimum Gasteiger partial charge on any atom is -0.493 e. The second-order valence-corrected chi connectivity index (χ2v) is 2.61. The molecule has 1 aromatic carbocycles. The van der Waals surface area contributed by atoms with Crippen LogP contribution in [0.4, 0.5) is 0 Å². The molecule has 0 saturated heterocycles. The molecular weight excluding hydrogens is 148 g/mol. The summed E-state index contributed by atoms with van der Waals surface area (Å²) in [6.07, 6.45) is 2.83. The zero-order valence-corrected chi connectivity index (χ0v) is 7.42. The first kappa shape index (κ1) is 8.85. The Labute approximate surface area is 73.7 Å². The van der Waals surface area contributed by atoms with Crippen LogP contribution in [0.1, 0.15) is 12.5 Å². The summed E-state index contributed by atoms with van der Waals surface area (Å²) < 4.78 is 5.30. The molecule has 2 rings (SSSR count). The van der Waals surface area contributed by atoms with Gasteiger partial charge in [0.15, 0.2) is 0 Å². The molecule has 0 aromatic heterocycles. The highest BCUT2D eigenvalue weighted by molar-refractivity contribution is 5.35. The van der Waals surface area contributed by atoms with Crippen LogP contribution in [0.5, 0.6) is 5.75 Å². The maximum Gasteiger partial charge on any atom is 0.122 e. The SMILES string of the molecule is C=CC.c1ccc2c(c1)CCO2. The molecule has 1 aliphatic rings. The second-order valence-electron chi connectivity index (χ2n) is 2.61. The third-order valence-corrected chi connectivity index (χ3v) is 1.60. The Kier molecular flexibility index (Phi) is 3.39. The first-order chi connectivity index (χ1) is 5.88. The van der Waals surface area contributed by atoms with E-state index in [1.54, 1.807) is 6.08 Å². The predicted octanol–water partition coefficient (Wildman–Crippen LogP) is 2.81. The van der Waals surface area contributed by atoms with Crippen LogP contribution in [0.3, 0.4) is 0 Å². The number of hydrogen-bond donors (Lipinski definition) is 0. The van der Waals surface area contributed by atoms with E-state index in [9.17, 15) is 0 Å². The van der Waals surface area contributed by atoms with Crippen molar-refractivity contribution in [2.45, 2.75) is 13.3 Å². The van der Waals surface area contributed by atoms with Gasteiger partial charge in [-0.3, -0.25) is 0 Å². The zero-order valence-electron chi connectivity index (χ0n) is 7.42. The first-order valence-corrected chi connectivity index (χ1v) is 4.16. The van der Waals surface area contributed by atoms with Gasteiger partial charge in [-0.1, -0.05) is 24.3 Å². The molecule has 0 amide bonds. The average Bonchev–Trinajstić information content (AvgIpc) is 2.52. The highest BCUT2D eigenvalue weighted by Crippen LogP contribution is 2.23. The Bertz CT molecular complexity index is 230. The van der Waals surface area contributed by atoms with Crippen molar-refractivity contribution in [3.05, 3.63) is 42.5 Å². The van der Waals surface area contributed by atoms with E-state index in [4.69, 9.17) is 4.74 Å². The largest absolute Gasteiger partial charge is 0.493 e. The number of allylic oxidation sites excluding steroid dienone is 1. The number of para-hydroxylation sites is 1. The molecule has 0 radical (unpaired) electrons. The summed E-state index contributed by atoms with van der Waals surface area (Å²) in [5.41, 5.74) is 1.34. The molecule has 1 heteroatoms. The van der Waals surface area contributed by atoms with E-state index in [2.05, 4.69) is 12.6 Å². The summed E-state index contributed by atoms with van der Waals surface area (Å²) in [5.74, 6) is 1.07. The van der Waals surface area contributed by atoms with E-state index in [-0.39, 0.29) is 0 Å². The summed E-state index contributed by atoms with van der Waals surface area (Å²) in [5, 5.41) is 0. The molecule has 12 heavy (non-hydrogen) atoms. The number of fused-ring (bicyclic) bond motifs is 1. The summed E-state index contributed by atoms with van der Waals surface area (Å²) in [6.45, 7) is 6.11. The van der Waals surface area contributed by atoms with Gasteiger partial charge in [0, 0.05) is 6.42 Å². The lowest BCUT2D eigenvalue weighted by atomic mass is 10.2. The summed E-state index contributed by atoms with van der Waals surface area (Å²) in [6, 6.07) is 8.18. The van der Waals surface area contributed by atoms with Gasteiger partial charge in [0.25, 0.3) is 0 Å². The molecule has 1 aromatic rings. The van der Waals surface area contributed by atoms with Crippen molar-refractivity contribution in [2.24, 2.45) is 0 Å². The van der Waals surface area contributed by atoms with Crippen molar-refractivity contribution in [1.82, 2.24) is 0 Å². The van der Waals surface area contributed by atoms with E-state index >= 15 is 0 Å². The van der Waals surface area contributed by atoms with Crippen molar-refractivity contribution in [3.63, 3.8) is 0 Å². The summed E-state index contributed by atoms with van der Waals surface area (Å²) in [4.78, 5) is 0. The van der Waals surface area contributed by atoms with Crippen LogP contribution in [-0.4, -0.2) is 6.61 Å². The monoisotopic (exact) mass is 162 g/mol. The third-order valence-electron chi connectivity index (χ3n) is 1.60. The van der Waals surface area contributed by atoms with Gasteiger partial charge in [0.2, 0.25) is 0 Å². The van der Waals surface area contributed by atoms with Crippen LogP contribution >= 0.6 is 0 Å². The van der Waals surface area contributed by atoms with Crippen LogP contribution in [0.2, 0.25) is 0 Å². The molecule has 0 aliphatic carbocycles. The molecule has 0 fully saturated rings. The lowest BCUT2D eigenvalue weighted by molar-refractivity contribution is 0.357. The van der Waals surface area contributed by atoms with E-state index in [1.807, 2.05) is 25.1 Å². The Hall–Kier alpha value is -1.24. The molecular formula is C11H14O. The fourth-order valence-corrected chi connectivity index (χ4v) is 1.12. The van der Waals surface area contributed by atoms with Crippen molar-refractivity contribution >= 4 is 0 Å². The van der Waals surface area contributed by atoms with E-state index in [1.165, 1.54) is 5.56 Å². The third kappa shape index (κ3) is 2.12. The molecule has 0 spiro atoms. The van der Waals surface area contributed by atoms with Gasteiger partial charge >= 0.3 is 0 Å². The van der Waals surface area contributed by atoms with Crippen LogP contribution < -0.4 is 4.74 Å². The molecule has 0 bridgehead atoms. The fraction of sp³-hybridized carbons (Fsp3) is 0.273. The van der Waals surface area contributed by atoms with Gasteiger partial charge in [-0.15, -0.1) is 6.58 Å². The fourth-order valence-electron chi connectivity index (χ4n) is 1.12. The number of benzene rings is 1. The maximum atomic E-state index is 5.30. The average molecular weight is 162 g/mol. The van der Waals surface area contributed by atoms with Gasteiger partial charge < -0.3 is 4.74 Å². The van der Waals surface area contributed by atoms with Crippen molar-refractivity contribution in [2.75, 3.05) is 6.61 Å². The quantitative estimate of drug-likeness (QED) is 0.533. The number of hydrogen-bond acceptors (Lipinski definition) is 1. The van der Waals surface area contributed by atoms with Gasteiger partial charge in [0.05, 0.1) is 6.61 Å². The smallest absolute Gasteiger partial charge is 0.122 e. The first-order valence-electron chi connectivity index (χ1n) is 4.16. The maximum absolute atomic E-state index is 5.30. The Morgan fingerprint density at radius 2 is 2.08 bits per heavy atom. The topological polar surface area (TPSA) is 9.23 Å². The van der Waals surface area contributed by atoms with Gasteiger partial charge in [0.1, 0.15) is 5.75 Å². The zero-order chi connectivity index (χ0) is 8.81. The summed E-state index contributed by atoms with van der Waals surface area (Å²) >= 11 is 0. The van der Waals surface area contributed by atoms with Crippen LogP contribution in [0, 0.1) is 0 Å². The number of rotatable bonds is 0. The van der Waals surface area contributed by atoms with Crippen molar-refractivity contribution in [3.8, 4) is 5.75 Å². The van der Waals surface area contributed by atoms with E-state index < -0.39 is 0 Å². The Balaban J connectivity index is 0.000000213. The highest BCUT2D eigenvalue weighted by atomic mass is 16.5. The lowest BCUT2D eigenvalue weighted by Crippen LogP contribution is -1.85. The standard InChI is InChI=1S/C8H8O.C3H6/c1-2-4-8-7(3-1)5-6-9-8;1-3-2/h1-4H,5-6H2;3H,1H2,2H3. The number of ether oxygens (including phenoxy) is 1.